The normalized spacial score (nSPS) is 20.9. The van der Waals surface area contributed by atoms with Crippen molar-refractivity contribution >= 4 is 11.5 Å². The summed E-state index contributed by atoms with van der Waals surface area (Å²) in [4.78, 5) is 7.00. The Morgan fingerprint density at radius 2 is 1.92 bits per heavy atom. The first kappa shape index (κ1) is 15.5. The lowest BCUT2D eigenvalue weighted by Crippen LogP contribution is -2.34. The van der Waals surface area contributed by atoms with Gasteiger partial charge in [-0.25, -0.2) is 4.98 Å². The van der Waals surface area contributed by atoms with E-state index in [1.165, 1.54) is 16.8 Å². The molecule has 0 amide bonds. The summed E-state index contributed by atoms with van der Waals surface area (Å²) in [6, 6.07) is 13.3. The second-order valence-corrected chi connectivity index (χ2v) is 6.95. The van der Waals surface area contributed by atoms with Gasteiger partial charge in [0, 0.05) is 19.7 Å². The Hall–Kier alpha value is -2.07. The maximum atomic E-state index is 9.25. The minimum Gasteiger partial charge on any atom is -0.396 e. The van der Waals surface area contributed by atoms with E-state index in [2.05, 4.69) is 51.6 Å². The number of benzene rings is 1. The predicted octanol–water partition coefficient (Wildman–Crippen LogP) is 3.39. The lowest BCUT2D eigenvalue weighted by molar-refractivity contribution is 0.203. The van der Waals surface area contributed by atoms with Gasteiger partial charge in [-0.2, -0.15) is 0 Å². The molecule has 1 aliphatic heterocycles. The number of hydrogen-bond donors (Lipinski definition) is 2. The molecule has 2 aliphatic rings. The monoisotopic (exact) mass is 323 g/mol. The molecule has 1 saturated heterocycles. The van der Waals surface area contributed by atoms with Crippen LogP contribution in [-0.2, 0) is 6.42 Å². The number of rotatable bonds is 4. The van der Waals surface area contributed by atoms with E-state index in [1.807, 2.05) is 6.20 Å². The summed E-state index contributed by atoms with van der Waals surface area (Å²) >= 11 is 0. The quantitative estimate of drug-likeness (QED) is 0.905. The maximum absolute atomic E-state index is 9.25. The lowest BCUT2D eigenvalue weighted by Gasteiger charge is -2.32. The highest BCUT2D eigenvalue weighted by Crippen LogP contribution is 2.33. The van der Waals surface area contributed by atoms with Crippen LogP contribution in [0, 0.1) is 5.92 Å². The van der Waals surface area contributed by atoms with Gasteiger partial charge in [-0.15, -0.1) is 0 Å². The molecule has 1 fully saturated rings. The van der Waals surface area contributed by atoms with E-state index < -0.39 is 0 Å². The molecule has 0 spiro atoms. The first-order chi connectivity index (χ1) is 11.8. The van der Waals surface area contributed by atoms with Gasteiger partial charge >= 0.3 is 0 Å². The predicted molar refractivity (Wildman–Crippen MR) is 97.4 cm³/mol. The van der Waals surface area contributed by atoms with Crippen molar-refractivity contribution in [3.63, 3.8) is 0 Å². The fraction of sp³-hybridized carbons (Fsp3) is 0.450. The number of hydrogen-bond acceptors (Lipinski definition) is 4. The Kier molecular flexibility index (Phi) is 4.39. The Morgan fingerprint density at radius 3 is 2.67 bits per heavy atom. The van der Waals surface area contributed by atoms with E-state index in [-0.39, 0.29) is 0 Å². The van der Waals surface area contributed by atoms with Crippen LogP contribution in [0.4, 0.5) is 11.5 Å². The number of pyridine rings is 1. The summed E-state index contributed by atoms with van der Waals surface area (Å²) in [5, 5.41) is 12.8. The molecule has 0 saturated carbocycles. The van der Waals surface area contributed by atoms with Crippen LogP contribution in [0.1, 0.15) is 36.4 Å². The molecule has 0 bridgehead atoms. The molecule has 4 rings (SSSR count). The third-order valence-corrected chi connectivity index (χ3v) is 5.44. The van der Waals surface area contributed by atoms with E-state index in [9.17, 15) is 5.11 Å². The fourth-order valence-electron chi connectivity index (χ4n) is 3.92. The van der Waals surface area contributed by atoms with Crippen molar-refractivity contribution in [1.82, 2.24) is 4.98 Å². The van der Waals surface area contributed by atoms with Crippen molar-refractivity contribution < 1.29 is 5.11 Å². The summed E-state index contributed by atoms with van der Waals surface area (Å²) < 4.78 is 0. The second kappa shape index (κ2) is 6.81. The smallest absolute Gasteiger partial charge is 0.126 e. The van der Waals surface area contributed by atoms with Gasteiger partial charge in [0.25, 0.3) is 0 Å². The van der Waals surface area contributed by atoms with Gasteiger partial charge in [0.1, 0.15) is 5.82 Å². The Morgan fingerprint density at radius 1 is 1.08 bits per heavy atom. The molecule has 1 aromatic heterocycles. The zero-order chi connectivity index (χ0) is 16.4. The van der Waals surface area contributed by atoms with Crippen LogP contribution in [0.15, 0.2) is 42.6 Å². The van der Waals surface area contributed by atoms with Crippen molar-refractivity contribution in [2.24, 2.45) is 5.92 Å². The van der Waals surface area contributed by atoms with Gasteiger partial charge in [0.05, 0.1) is 17.9 Å². The van der Waals surface area contributed by atoms with Crippen LogP contribution in [0.3, 0.4) is 0 Å². The van der Waals surface area contributed by atoms with Crippen molar-refractivity contribution in [1.29, 1.82) is 0 Å². The number of aliphatic hydroxyl groups is 1. The van der Waals surface area contributed by atoms with Crippen molar-refractivity contribution in [2.45, 2.75) is 31.7 Å². The lowest BCUT2D eigenvalue weighted by atomic mass is 9.98. The number of piperidine rings is 1. The Labute approximate surface area is 143 Å². The molecule has 2 N–H and O–H groups in total. The first-order valence-electron chi connectivity index (χ1n) is 8.99. The van der Waals surface area contributed by atoms with Gasteiger partial charge in [0.2, 0.25) is 0 Å². The number of nitrogens with zero attached hydrogens (tertiary/aromatic N) is 2. The number of nitrogens with one attached hydrogen (secondary N) is 1. The largest absolute Gasteiger partial charge is 0.396 e. The number of aliphatic hydroxyl groups excluding tert-OH is 1. The van der Waals surface area contributed by atoms with E-state index in [0.717, 1.165) is 44.6 Å². The Balaban J connectivity index is 1.40. The average molecular weight is 323 g/mol. The molecule has 2 aromatic rings. The molecule has 24 heavy (non-hydrogen) atoms. The highest BCUT2D eigenvalue weighted by molar-refractivity contribution is 5.51. The van der Waals surface area contributed by atoms with Gasteiger partial charge in [-0.3, -0.25) is 0 Å². The molecular weight excluding hydrogens is 298 g/mol. The highest BCUT2D eigenvalue weighted by Gasteiger charge is 2.22. The van der Waals surface area contributed by atoms with Gasteiger partial charge in [-0.1, -0.05) is 24.3 Å². The van der Waals surface area contributed by atoms with Gasteiger partial charge in [-0.05, 0) is 54.9 Å². The zero-order valence-corrected chi connectivity index (χ0v) is 14.0. The fourth-order valence-corrected chi connectivity index (χ4v) is 3.92. The number of aromatic nitrogens is 1. The number of fused-ring (bicyclic) bond motifs is 1. The summed E-state index contributed by atoms with van der Waals surface area (Å²) in [5.74, 6) is 1.42. The van der Waals surface area contributed by atoms with Crippen LogP contribution < -0.4 is 10.2 Å². The molecule has 1 aliphatic carbocycles. The van der Waals surface area contributed by atoms with Crippen LogP contribution in [0.5, 0.6) is 0 Å². The molecule has 1 unspecified atom stereocenters. The molecule has 0 radical (unpaired) electrons. The summed E-state index contributed by atoms with van der Waals surface area (Å²) in [6.07, 6.45) is 6.39. The summed E-state index contributed by atoms with van der Waals surface area (Å²) in [6.45, 7) is 2.34. The maximum Gasteiger partial charge on any atom is 0.126 e. The van der Waals surface area contributed by atoms with Crippen molar-refractivity contribution in [3.05, 3.63) is 53.7 Å². The number of aryl methyl sites for hydroxylation is 1. The van der Waals surface area contributed by atoms with Crippen LogP contribution in [0.2, 0.25) is 0 Å². The minimum atomic E-state index is 0.317. The van der Waals surface area contributed by atoms with Crippen LogP contribution in [0.25, 0.3) is 0 Å². The first-order valence-corrected chi connectivity index (χ1v) is 8.99. The van der Waals surface area contributed by atoms with Gasteiger partial charge in [0.15, 0.2) is 0 Å². The topological polar surface area (TPSA) is 48.4 Å². The minimum absolute atomic E-state index is 0.317. The molecule has 1 atom stereocenters. The van der Waals surface area contributed by atoms with E-state index >= 15 is 0 Å². The zero-order valence-electron chi connectivity index (χ0n) is 14.0. The van der Waals surface area contributed by atoms with E-state index in [1.54, 1.807) is 0 Å². The SMILES string of the molecule is OCC1CCN(c2ccc(NC3CCc4ccccc43)nc2)CC1. The Bertz CT molecular complexity index is 678. The average Bonchev–Trinajstić information content (AvgIpc) is 3.06. The second-order valence-electron chi connectivity index (χ2n) is 6.95. The molecule has 4 nitrogen and oxygen atoms in total. The van der Waals surface area contributed by atoms with Crippen LogP contribution in [-0.4, -0.2) is 29.8 Å². The summed E-state index contributed by atoms with van der Waals surface area (Å²) in [5.41, 5.74) is 4.05. The van der Waals surface area contributed by atoms with Crippen molar-refractivity contribution in [3.8, 4) is 0 Å². The van der Waals surface area contributed by atoms with Crippen LogP contribution >= 0.6 is 0 Å². The molecule has 4 heteroatoms. The third-order valence-electron chi connectivity index (χ3n) is 5.44. The number of anilines is 2. The molecule has 1 aromatic carbocycles. The van der Waals surface area contributed by atoms with E-state index in [4.69, 9.17) is 0 Å². The third kappa shape index (κ3) is 3.11. The van der Waals surface area contributed by atoms with Crippen molar-refractivity contribution in [2.75, 3.05) is 29.9 Å². The molecule has 126 valence electrons. The van der Waals surface area contributed by atoms with E-state index in [0.29, 0.717) is 18.6 Å². The molecule has 2 heterocycles. The van der Waals surface area contributed by atoms with Gasteiger partial charge < -0.3 is 15.3 Å². The summed E-state index contributed by atoms with van der Waals surface area (Å²) in [7, 11) is 0. The molecular formula is C20H25N3O. The highest BCUT2D eigenvalue weighted by atomic mass is 16.3. The standard InChI is InChI=1S/C20H25N3O/c24-14-15-9-11-23(12-10-15)17-6-8-20(21-13-17)22-19-7-5-16-3-1-2-4-18(16)19/h1-4,6,8,13,15,19,24H,5,7,9-12,14H2,(H,21,22).